The molecule has 0 fully saturated rings. The van der Waals surface area contributed by atoms with E-state index in [0.29, 0.717) is 13.2 Å². The molecule has 0 atom stereocenters. The molecule has 0 amide bonds. The highest BCUT2D eigenvalue weighted by Gasteiger charge is 2.08. The van der Waals surface area contributed by atoms with Gasteiger partial charge in [0, 0.05) is 16.5 Å². The fourth-order valence-electron chi connectivity index (χ4n) is 2.67. The Hall–Kier alpha value is -2.39. The smallest absolute Gasteiger partial charge is 0.251 e. The monoisotopic (exact) mass is 293 g/mol. The van der Waals surface area contributed by atoms with Crippen molar-refractivity contribution < 1.29 is 4.74 Å². The van der Waals surface area contributed by atoms with Gasteiger partial charge in [-0.2, -0.15) is 0 Å². The number of fused-ring (bicyclic) bond motifs is 1. The molecule has 0 aliphatic carbocycles. The summed E-state index contributed by atoms with van der Waals surface area (Å²) in [6.07, 6.45) is 0.739. The third kappa shape index (κ3) is 3.10. The molecule has 0 bridgehead atoms. The second kappa shape index (κ2) is 6.58. The fourth-order valence-corrected chi connectivity index (χ4v) is 2.67. The van der Waals surface area contributed by atoms with Crippen LogP contribution >= 0.6 is 0 Å². The number of aromatic amines is 1. The van der Waals surface area contributed by atoms with Gasteiger partial charge in [0.2, 0.25) is 0 Å². The van der Waals surface area contributed by atoms with E-state index in [0.717, 1.165) is 34.0 Å². The highest BCUT2D eigenvalue weighted by molar-refractivity contribution is 5.82. The summed E-state index contributed by atoms with van der Waals surface area (Å²) in [4.78, 5) is 14.9. The number of aromatic nitrogens is 1. The fraction of sp³-hybridized carbons (Fsp3) is 0.211. The average Bonchev–Trinajstić information content (AvgIpc) is 2.55. The van der Waals surface area contributed by atoms with E-state index < -0.39 is 0 Å². The standard InChI is InChI=1S/C19H19NO2/c1-14-16(11-12-22-13-15-7-3-2-4-8-15)17-9-5-6-10-18(17)20-19(14)21/h2-10H,11-13H2,1H3,(H,20,21). The minimum absolute atomic E-state index is 0.0169. The molecule has 3 heteroatoms. The van der Waals surface area contributed by atoms with Crippen LogP contribution in [0, 0.1) is 6.92 Å². The van der Waals surface area contributed by atoms with Gasteiger partial charge in [0.05, 0.1) is 13.2 Å². The van der Waals surface area contributed by atoms with Crippen molar-refractivity contribution in [3.63, 3.8) is 0 Å². The number of para-hydroxylation sites is 1. The van der Waals surface area contributed by atoms with Crippen molar-refractivity contribution in [2.24, 2.45) is 0 Å². The lowest BCUT2D eigenvalue weighted by Crippen LogP contribution is -2.14. The van der Waals surface area contributed by atoms with Crippen LogP contribution in [-0.2, 0) is 17.8 Å². The predicted octanol–water partition coefficient (Wildman–Crippen LogP) is 3.60. The molecule has 3 nitrogen and oxygen atoms in total. The van der Waals surface area contributed by atoms with Crippen LogP contribution in [0.4, 0.5) is 0 Å². The normalized spacial score (nSPS) is 11.0. The molecule has 0 radical (unpaired) electrons. The van der Waals surface area contributed by atoms with E-state index in [1.54, 1.807) is 0 Å². The summed E-state index contributed by atoms with van der Waals surface area (Å²) < 4.78 is 5.76. The SMILES string of the molecule is Cc1c(CCOCc2ccccc2)c2ccccc2[nH]c1=O. The van der Waals surface area contributed by atoms with Crippen LogP contribution in [0.3, 0.4) is 0 Å². The number of rotatable bonds is 5. The van der Waals surface area contributed by atoms with E-state index in [1.165, 1.54) is 0 Å². The number of hydrogen-bond acceptors (Lipinski definition) is 2. The number of benzene rings is 2. The van der Waals surface area contributed by atoms with E-state index >= 15 is 0 Å². The van der Waals surface area contributed by atoms with Gasteiger partial charge in [0.1, 0.15) is 0 Å². The molecular formula is C19H19NO2. The predicted molar refractivity (Wildman–Crippen MR) is 89.1 cm³/mol. The first-order chi connectivity index (χ1) is 10.8. The van der Waals surface area contributed by atoms with E-state index in [1.807, 2.05) is 61.5 Å². The zero-order chi connectivity index (χ0) is 15.4. The number of ether oxygens (including phenoxy) is 1. The van der Waals surface area contributed by atoms with Crippen molar-refractivity contribution in [2.75, 3.05) is 6.61 Å². The van der Waals surface area contributed by atoms with Gasteiger partial charge < -0.3 is 9.72 Å². The molecule has 1 N–H and O–H groups in total. The molecule has 0 saturated carbocycles. The molecule has 1 heterocycles. The topological polar surface area (TPSA) is 42.1 Å². The van der Waals surface area contributed by atoms with Crippen LogP contribution in [0.1, 0.15) is 16.7 Å². The summed E-state index contributed by atoms with van der Waals surface area (Å²) in [5.41, 5.74) is 3.89. The minimum Gasteiger partial charge on any atom is -0.376 e. The van der Waals surface area contributed by atoms with Crippen LogP contribution in [0.5, 0.6) is 0 Å². The zero-order valence-corrected chi connectivity index (χ0v) is 12.6. The van der Waals surface area contributed by atoms with E-state index in [9.17, 15) is 4.79 Å². The molecule has 22 heavy (non-hydrogen) atoms. The molecule has 0 aliphatic rings. The van der Waals surface area contributed by atoms with Crippen LogP contribution in [0.25, 0.3) is 10.9 Å². The summed E-state index contributed by atoms with van der Waals surface area (Å²) in [5.74, 6) is 0. The summed E-state index contributed by atoms with van der Waals surface area (Å²) in [7, 11) is 0. The van der Waals surface area contributed by atoms with Gasteiger partial charge in [-0.05, 0) is 30.5 Å². The van der Waals surface area contributed by atoms with Crippen molar-refractivity contribution in [1.29, 1.82) is 0 Å². The van der Waals surface area contributed by atoms with E-state index in [4.69, 9.17) is 4.74 Å². The summed E-state index contributed by atoms with van der Waals surface area (Å²) in [6.45, 7) is 3.07. The highest BCUT2D eigenvalue weighted by atomic mass is 16.5. The molecule has 1 aromatic heterocycles. The molecule has 3 aromatic rings. The Kier molecular flexibility index (Phi) is 4.35. The number of pyridine rings is 1. The molecule has 0 unspecified atom stereocenters. The Labute approximate surface area is 129 Å². The van der Waals surface area contributed by atoms with Crippen molar-refractivity contribution in [3.8, 4) is 0 Å². The Balaban J connectivity index is 1.74. The van der Waals surface area contributed by atoms with E-state index in [2.05, 4.69) is 4.98 Å². The number of H-pyrrole nitrogens is 1. The molecule has 0 aliphatic heterocycles. The Morgan fingerprint density at radius 1 is 1.00 bits per heavy atom. The maximum Gasteiger partial charge on any atom is 0.251 e. The van der Waals surface area contributed by atoms with Crippen LogP contribution in [0.2, 0.25) is 0 Å². The van der Waals surface area contributed by atoms with Gasteiger partial charge in [0.15, 0.2) is 0 Å². The van der Waals surface area contributed by atoms with Crippen LogP contribution in [-0.4, -0.2) is 11.6 Å². The quantitative estimate of drug-likeness (QED) is 0.730. The van der Waals surface area contributed by atoms with Crippen molar-refractivity contribution in [1.82, 2.24) is 4.98 Å². The maximum absolute atomic E-state index is 12.0. The van der Waals surface area contributed by atoms with Gasteiger partial charge in [0.25, 0.3) is 5.56 Å². The third-order valence-electron chi connectivity index (χ3n) is 3.90. The Morgan fingerprint density at radius 2 is 1.73 bits per heavy atom. The van der Waals surface area contributed by atoms with Gasteiger partial charge in [-0.1, -0.05) is 48.5 Å². The highest BCUT2D eigenvalue weighted by Crippen LogP contribution is 2.18. The molecule has 0 spiro atoms. The van der Waals surface area contributed by atoms with Crippen molar-refractivity contribution >= 4 is 10.9 Å². The summed E-state index contributed by atoms with van der Waals surface area (Å²) in [5, 5.41) is 1.10. The second-order valence-corrected chi connectivity index (χ2v) is 5.39. The lowest BCUT2D eigenvalue weighted by Gasteiger charge is -2.10. The lowest BCUT2D eigenvalue weighted by molar-refractivity contribution is 0.124. The third-order valence-corrected chi connectivity index (χ3v) is 3.90. The lowest BCUT2D eigenvalue weighted by atomic mass is 10.0. The molecule has 0 saturated heterocycles. The van der Waals surface area contributed by atoms with Crippen LogP contribution in [0.15, 0.2) is 59.4 Å². The van der Waals surface area contributed by atoms with Crippen LogP contribution < -0.4 is 5.56 Å². The van der Waals surface area contributed by atoms with Gasteiger partial charge in [-0.25, -0.2) is 0 Å². The van der Waals surface area contributed by atoms with E-state index in [-0.39, 0.29) is 5.56 Å². The average molecular weight is 293 g/mol. The molecule has 2 aromatic carbocycles. The first-order valence-corrected chi connectivity index (χ1v) is 7.48. The van der Waals surface area contributed by atoms with Gasteiger partial charge in [-0.3, -0.25) is 4.79 Å². The maximum atomic E-state index is 12.0. The first kappa shape index (κ1) is 14.5. The summed E-state index contributed by atoms with van der Waals surface area (Å²) >= 11 is 0. The van der Waals surface area contributed by atoms with Gasteiger partial charge >= 0.3 is 0 Å². The zero-order valence-electron chi connectivity index (χ0n) is 12.6. The molecular weight excluding hydrogens is 274 g/mol. The number of nitrogens with one attached hydrogen (secondary N) is 1. The Bertz CT molecular complexity index is 822. The second-order valence-electron chi connectivity index (χ2n) is 5.39. The minimum atomic E-state index is -0.0169. The largest absolute Gasteiger partial charge is 0.376 e. The van der Waals surface area contributed by atoms with Crippen molar-refractivity contribution in [2.45, 2.75) is 20.0 Å². The van der Waals surface area contributed by atoms with Crippen molar-refractivity contribution in [3.05, 3.63) is 81.6 Å². The molecule has 112 valence electrons. The summed E-state index contributed by atoms with van der Waals surface area (Å²) in [6, 6.07) is 18.0. The van der Waals surface area contributed by atoms with Gasteiger partial charge in [-0.15, -0.1) is 0 Å². The Morgan fingerprint density at radius 3 is 2.55 bits per heavy atom. The first-order valence-electron chi connectivity index (χ1n) is 7.48. The number of hydrogen-bond donors (Lipinski definition) is 1. The molecule has 3 rings (SSSR count).